The predicted molar refractivity (Wildman–Crippen MR) is 101 cm³/mol. The molecule has 5 heteroatoms. The molecule has 0 bridgehead atoms. The van der Waals surface area contributed by atoms with Crippen molar-refractivity contribution in [3.8, 4) is 12.1 Å². The van der Waals surface area contributed by atoms with Gasteiger partial charge in [0.25, 0.3) is 0 Å². The lowest BCUT2D eigenvalue weighted by Gasteiger charge is -2.40. The predicted octanol–water partition coefficient (Wildman–Crippen LogP) is 3.85. The van der Waals surface area contributed by atoms with Crippen LogP contribution in [0.1, 0.15) is 50.5 Å². The molecule has 2 aliphatic carbocycles. The second-order valence-corrected chi connectivity index (χ2v) is 6.95. The number of hydrogen-bond acceptors (Lipinski definition) is 5. The molecule has 0 aliphatic heterocycles. The SMILES string of the molecule is CCOC(=O)C1(C#N)C(N)=C(C#N)C2=C(CCCCC2)C1c1ccccc1. The molecule has 2 N–H and O–H groups in total. The molecule has 2 unspecified atom stereocenters. The van der Waals surface area contributed by atoms with Crippen molar-refractivity contribution in [1.29, 1.82) is 10.5 Å². The fraction of sp³-hybridized carbons (Fsp3) is 0.409. The third-order valence-corrected chi connectivity index (χ3v) is 5.56. The average Bonchev–Trinajstić information content (AvgIpc) is 2.93. The van der Waals surface area contributed by atoms with Gasteiger partial charge in [0, 0.05) is 5.92 Å². The van der Waals surface area contributed by atoms with E-state index in [1.807, 2.05) is 30.3 Å². The van der Waals surface area contributed by atoms with Crippen LogP contribution in [0.2, 0.25) is 0 Å². The maximum Gasteiger partial charge on any atom is 0.333 e. The molecule has 0 amide bonds. The van der Waals surface area contributed by atoms with E-state index in [4.69, 9.17) is 10.5 Å². The van der Waals surface area contributed by atoms with Crippen LogP contribution in [-0.2, 0) is 9.53 Å². The molecular weight excluding hydrogens is 338 g/mol. The lowest BCUT2D eigenvalue weighted by Crippen LogP contribution is -2.46. The van der Waals surface area contributed by atoms with E-state index in [1.165, 1.54) is 0 Å². The van der Waals surface area contributed by atoms with Gasteiger partial charge >= 0.3 is 5.97 Å². The van der Waals surface area contributed by atoms with Gasteiger partial charge in [-0.2, -0.15) is 10.5 Å². The Morgan fingerprint density at radius 3 is 2.56 bits per heavy atom. The van der Waals surface area contributed by atoms with Gasteiger partial charge in [0.15, 0.2) is 0 Å². The number of nitriles is 2. The first-order valence-corrected chi connectivity index (χ1v) is 9.37. The van der Waals surface area contributed by atoms with E-state index in [0.717, 1.165) is 48.8 Å². The van der Waals surface area contributed by atoms with Crippen molar-refractivity contribution in [1.82, 2.24) is 0 Å². The number of carbonyl (C=O) groups is 1. The Labute approximate surface area is 159 Å². The van der Waals surface area contributed by atoms with Crippen LogP contribution in [-0.4, -0.2) is 12.6 Å². The van der Waals surface area contributed by atoms with E-state index < -0.39 is 17.3 Å². The first-order chi connectivity index (χ1) is 13.1. The summed E-state index contributed by atoms with van der Waals surface area (Å²) in [5, 5.41) is 20.0. The maximum absolute atomic E-state index is 13.1. The van der Waals surface area contributed by atoms with Crippen LogP contribution < -0.4 is 5.73 Å². The van der Waals surface area contributed by atoms with Gasteiger partial charge in [-0.1, -0.05) is 42.3 Å². The van der Waals surface area contributed by atoms with E-state index in [-0.39, 0.29) is 17.9 Å². The largest absolute Gasteiger partial charge is 0.464 e. The summed E-state index contributed by atoms with van der Waals surface area (Å²) in [5.41, 5.74) is 7.74. The Hall–Kier alpha value is -3.05. The summed E-state index contributed by atoms with van der Waals surface area (Å²) in [6, 6.07) is 13.8. The third kappa shape index (κ3) is 2.90. The summed E-state index contributed by atoms with van der Waals surface area (Å²) in [7, 11) is 0. The molecule has 0 spiro atoms. The smallest absolute Gasteiger partial charge is 0.333 e. The topological polar surface area (TPSA) is 99.9 Å². The molecule has 3 rings (SSSR count). The van der Waals surface area contributed by atoms with Crippen LogP contribution in [0.3, 0.4) is 0 Å². The number of nitrogens with two attached hydrogens (primary N) is 1. The highest BCUT2D eigenvalue weighted by atomic mass is 16.5. The van der Waals surface area contributed by atoms with Gasteiger partial charge in [-0.25, -0.2) is 4.79 Å². The van der Waals surface area contributed by atoms with Crippen molar-refractivity contribution in [2.75, 3.05) is 6.61 Å². The van der Waals surface area contributed by atoms with Crippen LogP contribution in [0.15, 0.2) is 52.7 Å². The average molecular weight is 361 g/mol. The highest BCUT2D eigenvalue weighted by Crippen LogP contribution is 2.54. The Balaban J connectivity index is 2.35. The van der Waals surface area contributed by atoms with Crippen molar-refractivity contribution in [3.63, 3.8) is 0 Å². The first-order valence-electron chi connectivity index (χ1n) is 9.37. The van der Waals surface area contributed by atoms with Gasteiger partial charge < -0.3 is 10.5 Å². The highest BCUT2D eigenvalue weighted by Gasteiger charge is 2.56. The molecule has 1 aromatic rings. The normalized spacial score (nSPS) is 25.1. The minimum Gasteiger partial charge on any atom is -0.464 e. The standard InChI is InChI=1S/C22H23N3O2/c1-2-27-21(26)22(14-24)19(15-9-5-3-6-10-15)17-12-8-4-7-11-16(17)18(13-23)20(22)25/h3,5-6,9-10,19H,2,4,7-8,11-12,25H2,1H3. The van der Waals surface area contributed by atoms with Gasteiger partial charge in [0.05, 0.1) is 23.9 Å². The molecule has 0 heterocycles. The monoisotopic (exact) mass is 361 g/mol. The third-order valence-electron chi connectivity index (χ3n) is 5.56. The number of rotatable bonds is 3. The van der Waals surface area contributed by atoms with Crippen molar-refractivity contribution in [3.05, 3.63) is 58.3 Å². The van der Waals surface area contributed by atoms with Gasteiger partial charge in [-0.3, -0.25) is 0 Å². The molecule has 0 saturated heterocycles. The van der Waals surface area contributed by atoms with Crippen LogP contribution in [0.5, 0.6) is 0 Å². The van der Waals surface area contributed by atoms with Crippen LogP contribution in [0, 0.1) is 28.1 Å². The van der Waals surface area contributed by atoms with E-state index in [2.05, 4.69) is 12.1 Å². The number of allylic oxidation sites excluding steroid dienone is 3. The zero-order chi connectivity index (χ0) is 19.4. The quantitative estimate of drug-likeness (QED) is 0.824. The lowest BCUT2D eigenvalue weighted by atomic mass is 9.61. The van der Waals surface area contributed by atoms with Crippen molar-refractivity contribution in [2.24, 2.45) is 11.1 Å². The minimum absolute atomic E-state index is 0.0282. The number of benzene rings is 1. The van der Waals surface area contributed by atoms with Crippen molar-refractivity contribution >= 4 is 5.97 Å². The van der Waals surface area contributed by atoms with Gasteiger partial charge in [-0.15, -0.1) is 0 Å². The summed E-state index contributed by atoms with van der Waals surface area (Å²) in [4.78, 5) is 13.1. The molecule has 138 valence electrons. The first kappa shape index (κ1) is 18.7. The summed E-state index contributed by atoms with van der Waals surface area (Å²) in [6.07, 6.45) is 4.47. The van der Waals surface area contributed by atoms with E-state index >= 15 is 0 Å². The second kappa shape index (κ2) is 7.68. The summed E-state index contributed by atoms with van der Waals surface area (Å²) in [6.45, 7) is 1.84. The van der Waals surface area contributed by atoms with Gasteiger partial charge in [0.1, 0.15) is 6.07 Å². The second-order valence-electron chi connectivity index (χ2n) is 6.95. The molecule has 5 nitrogen and oxygen atoms in total. The number of nitrogens with zero attached hydrogens (tertiary/aromatic N) is 2. The molecule has 0 fully saturated rings. The highest BCUT2D eigenvalue weighted by molar-refractivity contribution is 5.88. The molecule has 27 heavy (non-hydrogen) atoms. The van der Waals surface area contributed by atoms with Gasteiger partial charge in [0.2, 0.25) is 5.41 Å². The molecule has 0 saturated carbocycles. The lowest BCUT2D eigenvalue weighted by molar-refractivity contribution is -0.151. The molecule has 0 radical (unpaired) electrons. The number of ether oxygens (including phenoxy) is 1. The Morgan fingerprint density at radius 1 is 1.22 bits per heavy atom. The van der Waals surface area contributed by atoms with Crippen molar-refractivity contribution < 1.29 is 9.53 Å². The fourth-order valence-corrected chi connectivity index (χ4v) is 4.35. The van der Waals surface area contributed by atoms with E-state index in [1.54, 1.807) is 6.92 Å². The molecule has 0 aromatic heterocycles. The zero-order valence-electron chi connectivity index (χ0n) is 15.5. The summed E-state index contributed by atoms with van der Waals surface area (Å²) < 4.78 is 5.29. The fourth-order valence-electron chi connectivity index (χ4n) is 4.35. The van der Waals surface area contributed by atoms with Crippen LogP contribution in [0.25, 0.3) is 0 Å². The molecule has 2 aliphatic rings. The molecule has 2 atom stereocenters. The van der Waals surface area contributed by atoms with Gasteiger partial charge in [-0.05, 0) is 43.7 Å². The number of carbonyl (C=O) groups excluding carboxylic acids is 1. The Bertz CT molecular complexity index is 886. The van der Waals surface area contributed by atoms with Crippen LogP contribution >= 0.6 is 0 Å². The summed E-state index contributed by atoms with van der Waals surface area (Å²) >= 11 is 0. The molecular formula is C22H23N3O2. The maximum atomic E-state index is 13.1. The Kier molecular flexibility index (Phi) is 5.33. The number of hydrogen-bond donors (Lipinski definition) is 1. The summed E-state index contributed by atoms with van der Waals surface area (Å²) in [5.74, 6) is -1.21. The van der Waals surface area contributed by atoms with Crippen molar-refractivity contribution in [2.45, 2.75) is 44.9 Å². The number of esters is 1. The minimum atomic E-state index is -1.72. The molecule has 1 aromatic carbocycles. The van der Waals surface area contributed by atoms with Crippen LogP contribution in [0.4, 0.5) is 0 Å². The zero-order valence-corrected chi connectivity index (χ0v) is 15.5. The van der Waals surface area contributed by atoms with E-state index in [9.17, 15) is 15.3 Å². The van der Waals surface area contributed by atoms with E-state index in [0.29, 0.717) is 0 Å². The Morgan fingerprint density at radius 2 is 1.93 bits per heavy atom.